The largest absolute Gasteiger partial charge is 0.457 e. The molecule has 0 heterocycles. The van der Waals surface area contributed by atoms with Crippen molar-refractivity contribution in [2.24, 2.45) is 17.3 Å². The Balaban J connectivity index is 1.66. The van der Waals surface area contributed by atoms with Gasteiger partial charge in [0.15, 0.2) is 0 Å². The van der Waals surface area contributed by atoms with Gasteiger partial charge in [0.25, 0.3) is 0 Å². The minimum absolute atomic E-state index is 0.0743. The molecule has 3 rings (SSSR count). The minimum atomic E-state index is -0.126. The van der Waals surface area contributed by atoms with Gasteiger partial charge in [0.2, 0.25) is 5.91 Å². The number of carbonyl (C=O) groups is 1. The van der Waals surface area contributed by atoms with Gasteiger partial charge in [-0.3, -0.25) is 4.79 Å². The van der Waals surface area contributed by atoms with Gasteiger partial charge in [-0.1, -0.05) is 67.4 Å². The number of carbonyl (C=O) groups excluding carboxylic acids is 1. The van der Waals surface area contributed by atoms with Crippen molar-refractivity contribution in [3.8, 4) is 11.5 Å². The van der Waals surface area contributed by atoms with E-state index >= 15 is 0 Å². The van der Waals surface area contributed by atoms with Crippen molar-refractivity contribution >= 4 is 29.1 Å². The third-order valence-corrected chi connectivity index (χ3v) is 5.41. The topological polar surface area (TPSA) is 29.5 Å². The second kappa shape index (κ2) is 7.95. The highest BCUT2D eigenvalue weighted by molar-refractivity contribution is 6.55. The van der Waals surface area contributed by atoms with Gasteiger partial charge in [-0.15, -0.1) is 0 Å². The van der Waals surface area contributed by atoms with E-state index in [9.17, 15) is 4.79 Å². The first-order valence-electron chi connectivity index (χ1n) is 8.88. The Bertz CT molecular complexity index is 844. The van der Waals surface area contributed by atoms with E-state index in [4.69, 9.17) is 27.9 Å². The molecular formula is C22H23Cl2NO2. The van der Waals surface area contributed by atoms with Crippen molar-refractivity contribution in [3.05, 3.63) is 70.7 Å². The molecule has 1 saturated carbocycles. The Morgan fingerprint density at radius 1 is 1.11 bits per heavy atom. The van der Waals surface area contributed by atoms with E-state index < -0.39 is 0 Å². The van der Waals surface area contributed by atoms with E-state index in [-0.39, 0.29) is 27.6 Å². The zero-order valence-electron chi connectivity index (χ0n) is 15.7. The molecule has 0 aromatic heterocycles. The lowest BCUT2D eigenvalue weighted by molar-refractivity contribution is -0.132. The van der Waals surface area contributed by atoms with Crippen LogP contribution in [0.2, 0.25) is 0 Å². The number of hydrogen-bond donors (Lipinski definition) is 0. The lowest BCUT2D eigenvalue weighted by Crippen LogP contribution is -2.29. The minimum Gasteiger partial charge on any atom is -0.457 e. The van der Waals surface area contributed by atoms with Gasteiger partial charge in [-0.25, -0.2) is 0 Å². The summed E-state index contributed by atoms with van der Waals surface area (Å²) in [4.78, 5) is 14.6. The summed E-state index contributed by atoms with van der Waals surface area (Å²) in [6.07, 6.45) is 1.77. The van der Waals surface area contributed by atoms with Crippen molar-refractivity contribution in [3.63, 3.8) is 0 Å². The molecule has 2 atom stereocenters. The van der Waals surface area contributed by atoms with Crippen LogP contribution in [-0.2, 0) is 11.3 Å². The highest BCUT2D eigenvalue weighted by Gasteiger charge is 2.61. The van der Waals surface area contributed by atoms with E-state index in [2.05, 4.69) is 13.8 Å². The molecule has 27 heavy (non-hydrogen) atoms. The van der Waals surface area contributed by atoms with Crippen molar-refractivity contribution < 1.29 is 9.53 Å². The molecule has 1 amide bonds. The Labute approximate surface area is 170 Å². The van der Waals surface area contributed by atoms with Crippen LogP contribution in [0.4, 0.5) is 0 Å². The fraction of sp³-hybridized carbons (Fsp3) is 0.318. The molecule has 0 N–H and O–H groups in total. The Kier molecular flexibility index (Phi) is 5.83. The summed E-state index contributed by atoms with van der Waals surface area (Å²) in [6, 6.07) is 17.4. The Morgan fingerprint density at radius 3 is 2.44 bits per heavy atom. The van der Waals surface area contributed by atoms with Crippen LogP contribution in [0.5, 0.6) is 11.5 Å². The quantitative estimate of drug-likeness (QED) is 0.589. The monoisotopic (exact) mass is 403 g/mol. The second-order valence-electron chi connectivity index (χ2n) is 7.54. The predicted molar refractivity (Wildman–Crippen MR) is 110 cm³/mol. The van der Waals surface area contributed by atoms with Gasteiger partial charge < -0.3 is 9.64 Å². The van der Waals surface area contributed by atoms with Crippen molar-refractivity contribution in [1.29, 1.82) is 0 Å². The second-order valence-corrected chi connectivity index (χ2v) is 8.55. The molecule has 0 bridgehead atoms. The standard InChI is InChI=1S/C22H23Cl2NO2/c1-22(2)18(13-19(23)24)20(22)21(26)25(3)14-15-8-7-11-17(12-15)27-16-9-5-4-6-10-16/h4-13,18,20H,14H2,1-3H3. The highest BCUT2D eigenvalue weighted by atomic mass is 35.5. The van der Waals surface area contributed by atoms with Crippen LogP contribution >= 0.6 is 23.2 Å². The van der Waals surface area contributed by atoms with Crippen LogP contribution in [-0.4, -0.2) is 17.9 Å². The molecule has 142 valence electrons. The summed E-state index contributed by atoms with van der Waals surface area (Å²) in [5.41, 5.74) is 0.888. The molecule has 0 saturated heterocycles. The highest BCUT2D eigenvalue weighted by Crippen LogP contribution is 2.60. The molecule has 2 aromatic rings. The molecule has 0 spiro atoms. The number of para-hydroxylation sites is 1. The average molecular weight is 404 g/mol. The maximum atomic E-state index is 12.9. The van der Waals surface area contributed by atoms with Gasteiger partial charge in [0.05, 0.1) is 5.92 Å². The molecule has 1 fully saturated rings. The third-order valence-electron chi connectivity index (χ3n) is 5.16. The summed E-state index contributed by atoms with van der Waals surface area (Å²) in [5.74, 6) is 1.61. The Hall–Kier alpha value is -1.97. The summed E-state index contributed by atoms with van der Waals surface area (Å²) in [5, 5.41) is 0. The van der Waals surface area contributed by atoms with Gasteiger partial charge in [0, 0.05) is 13.6 Å². The number of allylic oxidation sites excluding steroid dienone is 1. The zero-order chi connectivity index (χ0) is 19.6. The van der Waals surface area contributed by atoms with Crippen molar-refractivity contribution in [1.82, 2.24) is 4.90 Å². The molecule has 1 aliphatic rings. The third kappa shape index (κ3) is 4.66. The van der Waals surface area contributed by atoms with Gasteiger partial charge in [-0.05, 0) is 47.2 Å². The normalized spacial score (nSPS) is 19.9. The number of ether oxygens (including phenoxy) is 1. The van der Waals surface area contributed by atoms with Crippen LogP contribution < -0.4 is 4.74 Å². The SMILES string of the molecule is CN(Cc1cccc(Oc2ccccc2)c1)C(=O)C1C(C=C(Cl)Cl)C1(C)C. The van der Waals surface area contributed by atoms with Gasteiger partial charge >= 0.3 is 0 Å². The fourth-order valence-electron chi connectivity index (χ4n) is 3.52. The predicted octanol–water partition coefficient (Wildman–Crippen LogP) is 6.03. The van der Waals surface area contributed by atoms with Crippen LogP contribution in [0.15, 0.2) is 65.2 Å². The summed E-state index contributed by atoms with van der Waals surface area (Å²) < 4.78 is 6.09. The van der Waals surface area contributed by atoms with Crippen LogP contribution in [0.1, 0.15) is 19.4 Å². The zero-order valence-corrected chi connectivity index (χ0v) is 17.2. The number of rotatable bonds is 6. The van der Waals surface area contributed by atoms with Gasteiger partial charge in [-0.2, -0.15) is 0 Å². The fourth-order valence-corrected chi connectivity index (χ4v) is 3.79. The molecule has 0 aliphatic heterocycles. The lowest BCUT2D eigenvalue weighted by atomic mass is 10.1. The van der Waals surface area contributed by atoms with E-state index in [1.54, 1.807) is 11.0 Å². The molecule has 2 unspecified atom stereocenters. The number of amides is 1. The smallest absolute Gasteiger partial charge is 0.226 e. The first-order chi connectivity index (χ1) is 12.8. The maximum absolute atomic E-state index is 12.9. The van der Waals surface area contributed by atoms with Gasteiger partial charge in [0.1, 0.15) is 16.0 Å². The number of benzene rings is 2. The molecule has 1 aliphatic carbocycles. The summed E-state index contributed by atoms with van der Waals surface area (Å²) in [7, 11) is 1.82. The molecule has 0 radical (unpaired) electrons. The molecule has 2 aromatic carbocycles. The molecule has 3 nitrogen and oxygen atoms in total. The summed E-state index contributed by atoms with van der Waals surface area (Å²) >= 11 is 11.6. The van der Waals surface area contributed by atoms with E-state index in [0.717, 1.165) is 17.1 Å². The van der Waals surface area contributed by atoms with E-state index in [0.29, 0.717) is 6.54 Å². The molecular weight excluding hydrogens is 381 g/mol. The number of hydrogen-bond acceptors (Lipinski definition) is 2. The van der Waals surface area contributed by atoms with E-state index in [1.807, 2.05) is 61.6 Å². The van der Waals surface area contributed by atoms with Crippen LogP contribution in [0.25, 0.3) is 0 Å². The van der Waals surface area contributed by atoms with Crippen molar-refractivity contribution in [2.45, 2.75) is 20.4 Å². The van der Waals surface area contributed by atoms with Crippen LogP contribution in [0.3, 0.4) is 0 Å². The first-order valence-corrected chi connectivity index (χ1v) is 9.64. The first kappa shape index (κ1) is 19.8. The number of halogens is 2. The maximum Gasteiger partial charge on any atom is 0.226 e. The number of nitrogens with zero attached hydrogens (tertiary/aromatic N) is 1. The summed E-state index contributed by atoms with van der Waals surface area (Å²) in [6.45, 7) is 4.65. The van der Waals surface area contributed by atoms with E-state index in [1.165, 1.54) is 0 Å². The average Bonchev–Trinajstić information content (AvgIpc) is 3.14. The lowest BCUT2D eigenvalue weighted by Gasteiger charge is -2.19. The van der Waals surface area contributed by atoms with Crippen LogP contribution in [0, 0.1) is 17.3 Å². The molecule has 5 heteroatoms. The Morgan fingerprint density at radius 2 is 1.78 bits per heavy atom. The van der Waals surface area contributed by atoms with Crippen molar-refractivity contribution in [2.75, 3.05) is 7.05 Å².